The highest BCUT2D eigenvalue weighted by Crippen LogP contribution is 2.25. The summed E-state index contributed by atoms with van der Waals surface area (Å²) in [6.07, 6.45) is 2.60. The maximum Gasteiger partial charge on any atom is 0.240 e. The first kappa shape index (κ1) is 15.9. The van der Waals surface area contributed by atoms with Gasteiger partial charge in [0.05, 0.1) is 5.75 Å². The van der Waals surface area contributed by atoms with Gasteiger partial charge in [-0.25, -0.2) is 0 Å². The summed E-state index contributed by atoms with van der Waals surface area (Å²) < 4.78 is 0. The van der Waals surface area contributed by atoms with Gasteiger partial charge in [0.1, 0.15) is 6.04 Å². The number of rotatable bonds is 4. The van der Waals surface area contributed by atoms with Crippen molar-refractivity contribution in [2.75, 3.05) is 12.3 Å². The molecular formula is C16H22N2O2S. The van der Waals surface area contributed by atoms with Crippen molar-refractivity contribution in [1.29, 1.82) is 0 Å². The summed E-state index contributed by atoms with van der Waals surface area (Å²) in [6.45, 7) is 4.74. The van der Waals surface area contributed by atoms with Crippen LogP contribution in [0.25, 0.3) is 0 Å². The number of likely N-dealkylation sites (tertiary alicyclic amines) is 1. The second-order valence-corrected chi connectivity index (χ2v) is 6.58. The van der Waals surface area contributed by atoms with Gasteiger partial charge in [0, 0.05) is 11.4 Å². The molecule has 1 aromatic rings. The molecule has 0 spiro atoms. The molecule has 1 fully saturated rings. The fraction of sp³-hybridized carbons (Fsp3) is 0.500. The highest BCUT2D eigenvalue weighted by Gasteiger charge is 2.30. The first-order valence-corrected chi connectivity index (χ1v) is 8.26. The minimum Gasteiger partial charge on any atom is -0.368 e. The molecule has 21 heavy (non-hydrogen) atoms. The van der Waals surface area contributed by atoms with Gasteiger partial charge in [-0.2, -0.15) is 0 Å². The molecule has 2 N–H and O–H groups in total. The number of aryl methyl sites for hydroxylation is 2. The van der Waals surface area contributed by atoms with Crippen molar-refractivity contribution in [1.82, 2.24) is 4.90 Å². The third kappa shape index (κ3) is 4.00. The van der Waals surface area contributed by atoms with E-state index in [4.69, 9.17) is 5.73 Å². The van der Waals surface area contributed by atoms with E-state index in [1.165, 1.54) is 22.9 Å². The summed E-state index contributed by atoms with van der Waals surface area (Å²) in [4.78, 5) is 26.6. The fourth-order valence-electron chi connectivity index (χ4n) is 2.71. The lowest BCUT2D eigenvalue weighted by Crippen LogP contribution is -2.51. The summed E-state index contributed by atoms with van der Waals surface area (Å²) in [5.41, 5.74) is 7.80. The standard InChI is InChI=1S/C16H22N2O2S/c1-11-6-7-14(12(2)9-11)21-10-15(19)18-8-4-3-5-13(18)16(17)20/h6-7,9,13H,3-5,8,10H2,1-2H3,(H2,17,20)/t13-/m0/s1. The Morgan fingerprint density at radius 2 is 2.10 bits per heavy atom. The molecule has 114 valence electrons. The van der Waals surface area contributed by atoms with Crippen LogP contribution in [0.15, 0.2) is 23.1 Å². The second kappa shape index (κ2) is 6.98. The molecule has 0 saturated carbocycles. The highest BCUT2D eigenvalue weighted by molar-refractivity contribution is 8.00. The predicted octanol–water partition coefficient (Wildman–Crippen LogP) is 2.26. The Kier molecular flexibility index (Phi) is 5.28. The first-order valence-electron chi connectivity index (χ1n) is 7.28. The molecule has 1 aliphatic heterocycles. The van der Waals surface area contributed by atoms with Crippen molar-refractivity contribution in [2.45, 2.75) is 44.0 Å². The van der Waals surface area contributed by atoms with Crippen LogP contribution in [0.4, 0.5) is 0 Å². The lowest BCUT2D eigenvalue weighted by atomic mass is 10.0. The molecule has 0 unspecified atom stereocenters. The number of hydrogen-bond donors (Lipinski definition) is 1. The van der Waals surface area contributed by atoms with E-state index in [9.17, 15) is 9.59 Å². The van der Waals surface area contributed by atoms with Crippen LogP contribution < -0.4 is 5.73 Å². The lowest BCUT2D eigenvalue weighted by Gasteiger charge is -2.33. The number of carbonyl (C=O) groups is 2. The van der Waals surface area contributed by atoms with E-state index in [-0.39, 0.29) is 11.8 Å². The van der Waals surface area contributed by atoms with E-state index in [2.05, 4.69) is 13.0 Å². The fourth-order valence-corrected chi connectivity index (χ4v) is 3.61. The summed E-state index contributed by atoms with van der Waals surface area (Å²) in [5, 5.41) is 0. The number of carbonyl (C=O) groups excluding carboxylic acids is 2. The molecule has 0 bridgehead atoms. The van der Waals surface area contributed by atoms with Crippen LogP contribution in [0.3, 0.4) is 0 Å². The molecule has 2 rings (SSSR count). The van der Waals surface area contributed by atoms with Gasteiger partial charge in [-0.15, -0.1) is 11.8 Å². The smallest absolute Gasteiger partial charge is 0.240 e. The van der Waals surface area contributed by atoms with E-state index >= 15 is 0 Å². The number of hydrogen-bond acceptors (Lipinski definition) is 3. The van der Waals surface area contributed by atoms with Gasteiger partial charge in [-0.05, 0) is 44.7 Å². The van der Waals surface area contributed by atoms with Crippen LogP contribution >= 0.6 is 11.8 Å². The van der Waals surface area contributed by atoms with Crippen molar-refractivity contribution in [3.8, 4) is 0 Å². The normalized spacial score (nSPS) is 18.6. The van der Waals surface area contributed by atoms with Crippen molar-refractivity contribution in [3.63, 3.8) is 0 Å². The largest absolute Gasteiger partial charge is 0.368 e. The van der Waals surface area contributed by atoms with Gasteiger partial charge in [-0.3, -0.25) is 9.59 Å². The van der Waals surface area contributed by atoms with Crippen LogP contribution in [-0.2, 0) is 9.59 Å². The maximum atomic E-state index is 12.4. The lowest BCUT2D eigenvalue weighted by molar-refractivity contribution is -0.138. The Morgan fingerprint density at radius 1 is 1.33 bits per heavy atom. The number of amides is 2. The van der Waals surface area contributed by atoms with Gasteiger partial charge in [0.2, 0.25) is 11.8 Å². The van der Waals surface area contributed by atoms with Crippen LogP contribution in [0.1, 0.15) is 30.4 Å². The van der Waals surface area contributed by atoms with Gasteiger partial charge in [0.25, 0.3) is 0 Å². The Labute approximate surface area is 130 Å². The van der Waals surface area contributed by atoms with Crippen molar-refractivity contribution < 1.29 is 9.59 Å². The number of thioether (sulfide) groups is 1. The summed E-state index contributed by atoms with van der Waals surface area (Å²) >= 11 is 1.53. The number of benzene rings is 1. The second-order valence-electron chi connectivity index (χ2n) is 5.56. The molecular weight excluding hydrogens is 284 g/mol. The number of piperidine rings is 1. The summed E-state index contributed by atoms with van der Waals surface area (Å²) in [6, 6.07) is 5.78. The average molecular weight is 306 g/mol. The summed E-state index contributed by atoms with van der Waals surface area (Å²) in [5.74, 6) is -0.0312. The third-order valence-electron chi connectivity index (χ3n) is 3.83. The van der Waals surface area contributed by atoms with Crippen molar-refractivity contribution in [2.24, 2.45) is 5.73 Å². The monoisotopic (exact) mass is 306 g/mol. The van der Waals surface area contributed by atoms with Crippen molar-refractivity contribution >= 4 is 23.6 Å². The number of nitrogens with zero attached hydrogens (tertiary/aromatic N) is 1. The first-order chi connectivity index (χ1) is 9.99. The SMILES string of the molecule is Cc1ccc(SCC(=O)N2CCCC[C@H]2C(N)=O)c(C)c1. The molecule has 1 saturated heterocycles. The topological polar surface area (TPSA) is 63.4 Å². The van der Waals surface area contributed by atoms with Crippen molar-refractivity contribution in [3.05, 3.63) is 29.3 Å². The number of nitrogens with two attached hydrogens (primary N) is 1. The van der Waals surface area contributed by atoms with E-state index in [1.54, 1.807) is 4.90 Å². The summed E-state index contributed by atoms with van der Waals surface area (Å²) in [7, 11) is 0. The zero-order chi connectivity index (χ0) is 15.4. The number of primary amides is 1. The predicted molar refractivity (Wildman–Crippen MR) is 85.2 cm³/mol. The third-order valence-corrected chi connectivity index (χ3v) is 4.99. The van der Waals surface area contributed by atoms with Crippen LogP contribution in [-0.4, -0.2) is 35.1 Å². The zero-order valence-electron chi connectivity index (χ0n) is 12.6. The molecule has 0 aromatic heterocycles. The van der Waals surface area contributed by atoms with E-state index in [0.29, 0.717) is 18.7 Å². The van der Waals surface area contributed by atoms with Gasteiger partial charge >= 0.3 is 0 Å². The minimum absolute atomic E-state index is 0.00322. The average Bonchev–Trinajstić information content (AvgIpc) is 2.46. The zero-order valence-corrected chi connectivity index (χ0v) is 13.4. The molecule has 1 aliphatic rings. The Balaban J connectivity index is 1.98. The molecule has 4 nitrogen and oxygen atoms in total. The minimum atomic E-state index is -0.425. The highest BCUT2D eigenvalue weighted by atomic mass is 32.2. The van der Waals surface area contributed by atoms with E-state index in [0.717, 1.165) is 17.7 Å². The molecule has 1 atom stereocenters. The molecule has 0 aliphatic carbocycles. The van der Waals surface area contributed by atoms with Crippen LogP contribution in [0.2, 0.25) is 0 Å². The Bertz CT molecular complexity index is 545. The van der Waals surface area contributed by atoms with Gasteiger partial charge in [0.15, 0.2) is 0 Å². The quantitative estimate of drug-likeness (QED) is 0.868. The maximum absolute atomic E-state index is 12.4. The molecule has 1 aromatic carbocycles. The molecule has 0 radical (unpaired) electrons. The van der Waals surface area contributed by atoms with E-state index < -0.39 is 6.04 Å². The van der Waals surface area contributed by atoms with Crippen LogP contribution in [0, 0.1) is 13.8 Å². The Hall–Kier alpha value is -1.49. The molecule has 2 amide bonds. The Morgan fingerprint density at radius 3 is 2.76 bits per heavy atom. The van der Waals surface area contributed by atoms with Gasteiger partial charge < -0.3 is 10.6 Å². The van der Waals surface area contributed by atoms with Gasteiger partial charge in [-0.1, -0.05) is 17.7 Å². The molecule has 5 heteroatoms. The van der Waals surface area contributed by atoms with Crippen LogP contribution in [0.5, 0.6) is 0 Å². The molecule has 1 heterocycles. The van der Waals surface area contributed by atoms with E-state index in [1.807, 2.05) is 19.1 Å².